The van der Waals surface area contributed by atoms with E-state index in [1.165, 1.54) is 0 Å². The summed E-state index contributed by atoms with van der Waals surface area (Å²) in [4.78, 5) is 0. The highest BCUT2D eigenvalue weighted by Crippen LogP contribution is 2.24. The lowest BCUT2D eigenvalue weighted by atomic mass is 10.0. The van der Waals surface area contributed by atoms with Crippen molar-refractivity contribution in [3.63, 3.8) is 0 Å². The van der Waals surface area contributed by atoms with Gasteiger partial charge < -0.3 is 4.74 Å². The highest BCUT2D eigenvalue weighted by Gasteiger charge is 2.17. The molecule has 1 unspecified atom stereocenters. The van der Waals surface area contributed by atoms with Crippen LogP contribution in [0.15, 0.2) is 36.5 Å². The van der Waals surface area contributed by atoms with Gasteiger partial charge in [-0.15, -0.1) is 0 Å². The minimum atomic E-state index is 0.0142. The van der Waals surface area contributed by atoms with Crippen molar-refractivity contribution in [2.45, 2.75) is 32.4 Å². The fraction of sp³-hybridized carbons (Fsp3) is 0.400. The standard InChI is InChI=1S/C15H22N4O/c1-3-10-19-14(8-9-17-19)13(18-16)11-12-6-4-5-7-15(12)20-2/h4-9,13,18H,3,10-11,16H2,1-2H3. The second-order valence-electron chi connectivity index (χ2n) is 4.71. The zero-order valence-corrected chi connectivity index (χ0v) is 12.0. The van der Waals surface area contributed by atoms with Crippen LogP contribution in [-0.2, 0) is 13.0 Å². The Hall–Kier alpha value is -1.85. The first-order valence-electron chi connectivity index (χ1n) is 6.89. The number of aryl methyl sites for hydroxylation is 1. The average molecular weight is 274 g/mol. The van der Waals surface area contributed by atoms with Crippen LogP contribution in [0.4, 0.5) is 0 Å². The molecule has 0 radical (unpaired) electrons. The lowest BCUT2D eigenvalue weighted by molar-refractivity contribution is 0.403. The maximum atomic E-state index is 5.74. The molecule has 0 saturated heterocycles. The van der Waals surface area contributed by atoms with Crippen molar-refractivity contribution in [3.8, 4) is 5.75 Å². The largest absolute Gasteiger partial charge is 0.496 e. The van der Waals surface area contributed by atoms with Crippen LogP contribution in [0.2, 0.25) is 0 Å². The monoisotopic (exact) mass is 274 g/mol. The maximum absolute atomic E-state index is 5.74. The molecule has 1 atom stereocenters. The molecule has 5 nitrogen and oxygen atoms in total. The number of hydrogen-bond donors (Lipinski definition) is 2. The zero-order valence-electron chi connectivity index (χ0n) is 12.0. The third-order valence-electron chi connectivity index (χ3n) is 3.36. The summed E-state index contributed by atoms with van der Waals surface area (Å²) in [6, 6.07) is 10.0. The Kier molecular flexibility index (Phi) is 5.15. The highest BCUT2D eigenvalue weighted by molar-refractivity contribution is 5.34. The van der Waals surface area contributed by atoms with Gasteiger partial charge in [0, 0.05) is 12.7 Å². The van der Waals surface area contributed by atoms with Crippen LogP contribution in [0.25, 0.3) is 0 Å². The van der Waals surface area contributed by atoms with Gasteiger partial charge in [0.25, 0.3) is 0 Å². The number of benzene rings is 1. The molecule has 2 rings (SSSR count). The van der Waals surface area contributed by atoms with Crippen molar-refractivity contribution in [3.05, 3.63) is 47.8 Å². The SMILES string of the molecule is CCCn1nccc1C(Cc1ccccc1OC)NN. The molecule has 1 aromatic heterocycles. The molecule has 0 bridgehead atoms. The van der Waals surface area contributed by atoms with Gasteiger partial charge in [0.05, 0.1) is 18.8 Å². The molecule has 108 valence electrons. The van der Waals surface area contributed by atoms with Gasteiger partial charge in [-0.2, -0.15) is 5.10 Å². The van der Waals surface area contributed by atoms with Crippen molar-refractivity contribution >= 4 is 0 Å². The summed E-state index contributed by atoms with van der Waals surface area (Å²) < 4.78 is 7.39. The van der Waals surface area contributed by atoms with E-state index in [9.17, 15) is 0 Å². The van der Waals surface area contributed by atoms with Gasteiger partial charge in [-0.1, -0.05) is 25.1 Å². The van der Waals surface area contributed by atoms with E-state index in [2.05, 4.69) is 23.5 Å². The van der Waals surface area contributed by atoms with Gasteiger partial charge in [-0.25, -0.2) is 0 Å². The van der Waals surface area contributed by atoms with Gasteiger partial charge in [0.15, 0.2) is 0 Å². The number of para-hydroxylation sites is 1. The van der Waals surface area contributed by atoms with Crippen LogP contribution < -0.4 is 16.0 Å². The Morgan fingerprint density at radius 3 is 2.85 bits per heavy atom. The number of methoxy groups -OCH3 is 1. The zero-order chi connectivity index (χ0) is 14.4. The Labute approximate surface area is 119 Å². The predicted octanol–water partition coefficient (Wildman–Crippen LogP) is 2.05. The van der Waals surface area contributed by atoms with Gasteiger partial charge >= 0.3 is 0 Å². The quantitative estimate of drug-likeness (QED) is 0.599. The fourth-order valence-corrected chi connectivity index (χ4v) is 2.38. The molecule has 0 aliphatic rings. The Balaban J connectivity index is 2.22. The second kappa shape index (κ2) is 7.07. The van der Waals surface area contributed by atoms with Crippen LogP contribution in [0.1, 0.15) is 30.6 Å². The van der Waals surface area contributed by atoms with Crippen LogP contribution in [0.3, 0.4) is 0 Å². The van der Waals surface area contributed by atoms with Gasteiger partial charge in [0.1, 0.15) is 5.75 Å². The number of ether oxygens (including phenoxy) is 1. The molecule has 0 spiro atoms. The van der Waals surface area contributed by atoms with E-state index in [-0.39, 0.29) is 6.04 Å². The summed E-state index contributed by atoms with van der Waals surface area (Å²) in [7, 11) is 1.69. The number of nitrogens with two attached hydrogens (primary N) is 1. The van der Waals surface area contributed by atoms with Crippen LogP contribution in [0, 0.1) is 0 Å². The van der Waals surface area contributed by atoms with Crippen molar-refractivity contribution in [1.82, 2.24) is 15.2 Å². The first-order valence-corrected chi connectivity index (χ1v) is 6.89. The van der Waals surface area contributed by atoms with E-state index in [1.807, 2.05) is 35.1 Å². The van der Waals surface area contributed by atoms with Crippen molar-refractivity contribution in [1.29, 1.82) is 0 Å². The predicted molar refractivity (Wildman–Crippen MR) is 79.3 cm³/mol. The fourth-order valence-electron chi connectivity index (χ4n) is 2.38. The molecule has 0 amide bonds. The summed E-state index contributed by atoms with van der Waals surface area (Å²) in [6.07, 6.45) is 3.62. The number of aromatic nitrogens is 2. The molecule has 1 aromatic carbocycles. The number of nitrogens with zero attached hydrogens (tertiary/aromatic N) is 2. The molecular weight excluding hydrogens is 252 g/mol. The molecule has 20 heavy (non-hydrogen) atoms. The third-order valence-corrected chi connectivity index (χ3v) is 3.36. The Bertz CT molecular complexity index is 538. The minimum Gasteiger partial charge on any atom is -0.496 e. The molecule has 0 aliphatic heterocycles. The number of rotatable bonds is 7. The summed E-state index contributed by atoms with van der Waals surface area (Å²) >= 11 is 0. The van der Waals surface area contributed by atoms with E-state index < -0.39 is 0 Å². The summed E-state index contributed by atoms with van der Waals surface area (Å²) in [5.74, 6) is 6.62. The van der Waals surface area contributed by atoms with E-state index >= 15 is 0 Å². The average Bonchev–Trinajstić information content (AvgIpc) is 2.93. The molecule has 2 aromatic rings. The lowest BCUT2D eigenvalue weighted by Gasteiger charge is -2.19. The molecule has 5 heteroatoms. The van der Waals surface area contributed by atoms with E-state index in [4.69, 9.17) is 10.6 Å². The highest BCUT2D eigenvalue weighted by atomic mass is 16.5. The first-order chi connectivity index (χ1) is 9.80. The van der Waals surface area contributed by atoms with Gasteiger partial charge in [-0.05, 0) is 30.5 Å². The first kappa shape index (κ1) is 14.6. The number of hydrazine groups is 1. The van der Waals surface area contributed by atoms with Crippen molar-refractivity contribution in [2.75, 3.05) is 7.11 Å². The Morgan fingerprint density at radius 2 is 2.15 bits per heavy atom. The second-order valence-corrected chi connectivity index (χ2v) is 4.71. The summed E-state index contributed by atoms with van der Waals surface area (Å²) in [5, 5.41) is 4.35. The molecule has 3 N–H and O–H groups in total. The summed E-state index contributed by atoms with van der Waals surface area (Å²) in [5.41, 5.74) is 5.11. The minimum absolute atomic E-state index is 0.0142. The van der Waals surface area contributed by atoms with Crippen molar-refractivity contribution < 1.29 is 4.74 Å². The normalized spacial score (nSPS) is 12.3. The maximum Gasteiger partial charge on any atom is 0.122 e. The molecule has 1 heterocycles. The van der Waals surface area contributed by atoms with Gasteiger partial charge in [0.2, 0.25) is 0 Å². The van der Waals surface area contributed by atoms with Crippen LogP contribution in [0.5, 0.6) is 5.75 Å². The van der Waals surface area contributed by atoms with Crippen LogP contribution >= 0.6 is 0 Å². The summed E-state index contributed by atoms with van der Waals surface area (Å²) in [6.45, 7) is 3.03. The van der Waals surface area contributed by atoms with E-state index in [0.717, 1.165) is 36.4 Å². The van der Waals surface area contributed by atoms with Crippen LogP contribution in [-0.4, -0.2) is 16.9 Å². The Morgan fingerprint density at radius 1 is 1.35 bits per heavy atom. The van der Waals surface area contributed by atoms with E-state index in [1.54, 1.807) is 7.11 Å². The lowest BCUT2D eigenvalue weighted by Crippen LogP contribution is -2.31. The number of nitrogens with one attached hydrogen (secondary N) is 1. The topological polar surface area (TPSA) is 65.1 Å². The van der Waals surface area contributed by atoms with E-state index in [0.29, 0.717) is 0 Å². The molecule has 0 aliphatic carbocycles. The molecule has 0 saturated carbocycles. The number of hydrogen-bond acceptors (Lipinski definition) is 4. The third kappa shape index (κ3) is 3.18. The molecule has 0 fully saturated rings. The molecular formula is C15H22N4O. The smallest absolute Gasteiger partial charge is 0.122 e. The van der Waals surface area contributed by atoms with Gasteiger partial charge in [-0.3, -0.25) is 16.0 Å². The van der Waals surface area contributed by atoms with Crippen molar-refractivity contribution in [2.24, 2.45) is 5.84 Å².